The molecule has 24 heavy (non-hydrogen) atoms. The van der Waals surface area contributed by atoms with Crippen molar-refractivity contribution in [1.29, 1.82) is 0 Å². The molecule has 1 saturated heterocycles. The molecule has 0 spiro atoms. The number of benzene rings is 1. The Balaban J connectivity index is 1.73. The van der Waals surface area contributed by atoms with Crippen LogP contribution in [0.15, 0.2) is 24.3 Å². The third kappa shape index (κ3) is 3.92. The molecule has 0 radical (unpaired) electrons. The van der Waals surface area contributed by atoms with Gasteiger partial charge in [0.25, 0.3) is 0 Å². The number of hydrogen-bond donors (Lipinski definition) is 1. The number of anilines is 2. The summed E-state index contributed by atoms with van der Waals surface area (Å²) >= 11 is 6.29. The summed E-state index contributed by atoms with van der Waals surface area (Å²) in [6.07, 6.45) is -0.0556. The van der Waals surface area contributed by atoms with Gasteiger partial charge in [-0.25, -0.2) is 0 Å². The first-order chi connectivity index (χ1) is 11.5. The molecule has 3 rings (SSSR count). The summed E-state index contributed by atoms with van der Waals surface area (Å²) in [5.41, 5.74) is 6.80. The zero-order chi connectivity index (χ0) is 17.1. The molecule has 7 nitrogen and oxygen atoms in total. The van der Waals surface area contributed by atoms with Crippen molar-refractivity contribution in [3.05, 3.63) is 40.7 Å². The monoisotopic (exact) mass is 348 g/mol. The van der Waals surface area contributed by atoms with Gasteiger partial charge in [0, 0.05) is 37.8 Å². The predicted octanol–water partition coefficient (Wildman–Crippen LogP) is 1.75. The van der Waals surface area contributed by atoms with E-state index in [0.717, 1.165) is 23.7 Å². The molecule has 0 unspecified atom stereocenters. The highest BCUT2D eigenvalue weighted by atomic mass is 35.5. The van der Waals surface area contributed by atoms with E-state index in [0.29, 0.717) is 24.9 Å². The van der Waals surface area contributed by atoms with E-state index in [1.54, 1.807) is 0 Å². The minimum absolute atomic E-state index is 0.0556. The number of ether oxygens (including phenoxy) is 1. The van der Waals surface area contributed by atoms with Crippen LogP contribution in [-0.2, 0) is 11.3 Å². The van der Waals surface area contributed by atoms with Crippen molar-refractivity contribution in [3.63, 3.8) is 0 Å². The lowest BCUT2D eigenvalue weighted by Crippen LogP contribution is -2.38. The highest BCUT2D eigenvalue weighted by Crippen LogP contribution is 2.28. The van der Waals surface area contributed by atoms with Gasteiger partial charge in [0.2, 0.25) is 11.9 Å². The Morgan fingerprint density at radius 2 is 2.08 bits per heavy atom. The average molecular weight is 349 g/mol. The molecule has 1 fully saturated rings. The molecule has 1 aromatic heterocycles. The molecule has 1 atom stereocenters. The molecule has 0 amide bonds. The van der Waals surface area contributed by atoms with Crippen molar-refractivity contribution in [2.75, 3.05) is 44.4 Å². The lowest BCUT2D eigenvalue weighted by molar-refractivity contribution is -0.0336. The summed E-state index contributed by atoms with van der Waals surface area (Å²) in [7, 11) is 3.75. The number of aromatic nitrogens is 3. The van der Waals surface area contributed by atoms with Crippen molar-refractivity contribution >= 4 is 23.5 Å². The van der Waals surface area contributed by atoms with E-state index in [9.17, 15) is 0 Å². The molecule has 0 saturated carbocycles. The van der Waals surface area contributed by atoms with Gasteiger partial charge in [-0.15, -0.1) is 0 Å². The fourth-order valence-electron chi connectivity index (χ4n) is 2.67. The van der Waals surface area contributed by atoms with Crippen molar-refractivity contribution < 1.29 is 4.74 Å². The molecule has 2 aromatic rings. The molecule has 1 aliphatic heterocycles. The van der Waals surface area contributed by atoms with E-state index in [-0.39, 0.29) is 12.1 Å². The maximum absolute atomic E-state index is 6.29. The van der Waals surface area contributed by atoms with E-state index in [1.165, 1.54) is 0 Å². The van der Waals surface area contributed by atoms with Gasteiger partial charge in [-0.3, -0.25) is 4.90 Å². The van der Waals surface area contributed by atoms with E-state index in [2.05, 4.69) is 19.9 Å². The average Bonchev–Trinajstić information content (AvgIpc) is 2.55. The molecule has 0 aliphatic carbocycles. The quantitative estimate of drug-likeness (QED) is 0.901. The minimum Gasteiger partial charge on any atom is -0.371 e. The third-order valence-corrected chi connectivity index (χ3v) is 4.20. The molecule has 0 bridgehead atoms. The largest absolute Gasteiger partial charge is 0.371 e. The summed E-state index contributed by atoms with van der Waals surface area (Å²) < 4.78 is 5.89. The molecule has 2 heterocycles. The summed E-state index contributed by atoms with van der Waals surface area (Å²) in [6.45, 7) is 2.77. The number of nitrogen functional groups attached to an aromatic ring is 1. The first-order valence-corrected chi connectivity index (χ1v) is 8.17. The van der Waals surface area contributed by atoms with Crippen molar-refractivity contribution in [2.24, 2.45) is 0 Å². The van der Waals surface area contributed by atoms with Gasteiger partial charge in [-0.05, 0) is 6.07 Å². The number of hydrogen-bond acceptors (Lipinski definition) is 7. The molecule has 1 aliphatic rings. The topological polar surface area (TPSA) is 80.4 Å². The summed E-state index contributed by atoms with van der Waals surface area (Å²) in [5, 5.41) is 0.726. The molecular weight excluding hydrogens is 328 g/mol. The van der Waals surface area contributed by atoms with E-state index in [1.807, 2.05) is 43.3 Å². The highest BCUT2D eigenvalue weighted by Gasteiger charge is 2.24. The van der Waals surface area contributed by atoms with Crippen LogP contribution in [0.3, 0.4) is 0 Å². The third-order valence-electron chi connectivity index (χ3n) is 3.85. The second-order valence-corrected chi connectivity index (χ2v) is 6.33. The van der Waals surface area contributed by atoms with Crippen molar-refractivity contribution in [3.8, 4) is 0 Å². The molecule has 2 N–H and O–H groups in total. The zero-order valence-corrected chi connectivity index (χ0v) is 14.6. The number of nitrogens with two attached hydrogens (primary N) is 1. The van der Waals surface area contributed by atoms with Crippen LogP contribution in [-0.4, -0.2) is 53.6 Å². The Bertz CT molecular complexity index is 711. The standard InChI is InChI=1S/C16H21ClN6O/c1-22(2)16-20-14(19-15(18)21-16)10-23-7-8-24-13(9-23)11-5-3-4-6-12(11)17/h3-6,13H,7-10H2,1-2H3,(H2,18,19,20,21)/t13-/m1/s1. The van der Waals surface area contributed by atoms with Crippen LogP contribution in [0.25, 0.3) is 0 Å². The Labute approximate surface area is 146 Å². The second-order valence-electron chi connectivity index (χ2n) is 5.92. The van der Waals surface area contributed by atoms with Crippen LogP contribution >= 0.6 is 11.6 Å². The van der Waals surface area contributed by atoms with Crippen LogP contribution in [0.1, 0.15) is 17.5 Å². The normalized spacial score (nSPS) is 18.5. The van der Waals surface area contributed by atoms with Gasteiger partial charge in [0.15, 0.2) is 0 Å². The van der Waals surface area contributed by atoms with Gasteiger partial charge in [-0.1, -0.05) is 29.8 Å². The number of halogens is 1. The second kappa shape index (κ2) is 7.29. The van der Waals surface area contributed by atoms with Gasteiger partial charge in [-0.2, -0.15) is 15.0 Å². The minimum atomic E-state index is -0.0556. The maximum atomic E-state index is 6.29. The fraction of sp³-hybridized carbons (Fsp3) is 0.438. The van der Waals surface area contributed by atoms with Gasteiger partial charge < -0.3 is 15.4 Å². The van der Waals surface area contributed by atoms with Crippen LogP contribution in [0, 0.1) is 0 Å². The summed E-state index contributed by atoms with van der Waals surface area (Å²) in [5.74, 6) is 1.46. The lowest BCUT2D eigenvalue weighted by Gasteiger charge is -2.33. The van der Waals surface area contributed by atoms with Crippen LogP contribution in [0.4, 0.5) is 11.9 Å². The SMILES string of the molecule is CN(C)c1nc(N)nc(CN2CCO[C@@H](c3ccccc3Cl)C2)n1. The molecular formula is C16H21ClN6O. The van der Waals surface area contributed by atoms with Crippen molar-refractivity contribution in [1.82, 2.24) is 19.9 Å². The van der Waals surface area contributed by atoms with Gasteiger partial charge in [0.05, 0.1) is 19.3 Å². The van der Waals surface area contributed by atoms with Crippen LogP contribution in [0.5, 0.6) is 0 Å². The maximum Gasteiger partial charge on any atom is 0.229 e. The zero-order valence-electron chi connectivity index (χ0n) is 13.8. The Hall–Kier alpha value is -1.96. The number of morpholine rings is 1. The predicted molar refractivity (Wildman–Crippen MR) is 94.0 cm³/mol. The van der Waals surface area contributed by atoms with Crippen LogP contribution in [0.2, 0.25) is 5.02 Å². The Morgan fingerprint density at radius 3 is 2.83 bits per heavy atom. The first kappa shape index (κ1) is 16.9. The molecule has 1 aromatic carbocycles. The molecule has 8 heteroatoms. The smallest absolute Gasteiger partial charge is 0.229 e. The summed E-state index contributed by atoms with van der Waals surface area (Å²) in [4.78, 5) is 16.9. The van der Waals surface area contributed by atoms with Crippen LogP contribution < -0.4 is 10.6 Å². The van der Waals surface area contributed by atoms with E-state index < -0.39 is 0 Å². The van der Waals surface area contributed by atoms with Crippen molar-refractivity contribution in [2.45, 2.75) is 12.6 Å². The Morgan fingerprint density at radius 1 is 1.29 bits per heavy atom. The number of rotatable bonds is 4. The number of nitrogens with zero attached hydrogens (tertiary/aromatic N) is 5. The summed E-state index contributed by atoms with van der Waals surface area (Å²) in [6, 6.07) is 7.78. The Kier molecular flexibility index (Phi) is 5.13. The van der Waals surface area contributed by atoms with E-state index in [4.69, 9.17) is 22.1 Å². The van der Waals surface area contributed by atoms with E-state index >= 15 is 0 Å². The van der Waals surface area contributed by atoms with Gasteiger partial charge in [0.1, 0.15) is 5.82 Å². The highest BCUT2D eigenvalue weighted by molar-refractivity contribution is 6.31. The lowest BCUT2D eigenvalue weighted by atomic mass is 10.1. The van der Waals surface area contributed by atoms with Gasteiger partial charge >= 0.3 is 0 Å². The molecule has 128 valence electrons. The first-order valence-electron chi connectivity index (χ1n) is 7.79. The fourth-order valence-corrected chi connectivity index (χ4v) is 2.92.